The van der Waals surface area contributed by atoms with E-state index in [4.69, 9.17) is 14.6 Å². The predicted octanol–water partition coefficient (Wildman–Crippen LogP) is 0.499. The summed E-state index contributed by atoms with van der Waals surface area (Å²) in [6, 6.07) is 3.50. The van der Waals surface area contributed by atoms with E-state index in [0.717, 1.165) is 0 Å². The monoisotopic (exact) mass is 350 g/mol. The van der Waals surface area contributed by atoms with E-state index in [0.29, 0.717) is 36.1 Å². The van der Waals surface area contributed by atoms with E-state index < -0.39 is 24.6 Å². The van der Waals surface area contributed by atoms with Crippen molar-refractivity contribution < 1.29 is 28.6 Å². The lowest BCUT2D eigenvalue weighted by Gasteiger charge is -2.18. The van der Waals surface area contributed by atoms with Crippen LogP contribution in [0.2, 0.25) is 0 Å². The molecule has 0 bridgehead atoms. The van der Waals surface area contributed by atoms with Crippen LogP contribution in [0.25, 0.3) is 5.69 Å². The highest BCUT2D eigenvalue weighted by Crippen LogP contribution is 2.32. The number of carbonyl (C=O) groups is 2. The lowest BCUT2D eigenvalue weighted by molar-refractivity contribution is -0.139. The number of ether oxygens (including phenoxy) is 2. The Balaban J connectivity index is 1.86. The number of fused-ring (bicyclic) bond motifs is 1. The summed E-state index contributed by atoms with van der Waals surface area (Å²) in [6.45, 7) is 1.27. The molecule has 9 nitrogen and oxygen atoms in total. The molecule has 0 fully saturated rings. The molecule has 1 aromatic heterocycles. The van der Waals surface area contributed by atoms with E-state index in [2.05, 4.69) is 15.6 Å². The summed E-state index contributed by atoms with van der Waals surface area (Å²) < 4.78 is 25.0. The fourth-order valence-electron chi connectivity index (χ4n) is 2.34. The first-order valence-corrected chi connectivity index (χ1v) is 7.43. The third kappa shape index (κ3) is 3.23. The van der Waals surface area contributed by atoms with Crippen molar-refractivity contribution >= 4 is 11.9 Å². The zero-order valence-electron chi connectivity index (χ0n) is 13.2. The highest BCUT2D eigenvalue weighted by Gasteiger charge is 2.24. The quantitative estimate of drug-likeness (QED) is 0.807. The van der Waals surface area contributed by atoms with Crippen molar-refractivity contribution in [1.29, 1.82) is 0 Å². The van der Waals surface area contributed by atoms with Crippen LogP contribution in [0, 0.1) is 6.92 Å². The van der Waals surface area contributed by atoms with Crippen LogP contribution in [0.1, 0.15) is 16.2 Å². The Hall–Kier alpha value is -3.17. The molecule has 1 atom stereocenters. The predicted molar refractivity (Wildman–Crippen MR) is 82.0 cm³/mol. The molecule has 1 amide bonds. The number of hydrogen-bond donors (Lipinski definition) is 2. The Morgan fingerprint density at radius 2 is 2.08 bits per heavy atom. The highest BCUT2D eigenvalue weighted by atomic mass is 19.1. The maximum Gasteiger partial charge on any atom is 0.328 e. The van der Waals surface area contributed by atoms with Crippen LogP contribution < -0.4 is 14.8 Å². The number of rotatable bonds is 5. The lowest BCUT2D eigenvalue weighted by Crippen LogP contribution is -2.42. The minimum atomic E-state index is -1.63. The molecule has 0 saturated heterocycles. The number of carbonyl (C=O) groups excluding carboxylic acids is 1. The fourth-order valence-corrected chi connectivity index (χ4v) is 2.34. The smallest absolute Gasteiger partial charge is 0.328 e. The number of benzene rings is 1. The van der Waals surface area contributed by atoms with Crippen LogP contribution in [0.4, 0.5) is 4.39 Å². The van der Waals surface area contributed by atoms with Gasteiger partial charge in [-0.1, -0.05) is 5.21 Å². The average molecular weight is 350 g/mol. The number of alkyl halides is 1. The molecule has 10 heteroatoms. The van der Waals surface area contributed by atoms with E-state index in [9.17, 15) is 14.0 Å². The highest BCUT2D eigenvalue weighted by molar-refractivity contribution is 5.95. The van der Waals surface area contributed by atoms with Gasteiger partial charge in [0.15, 0.2) is 23.2 Å². The van der Waals surface area contributed by atoms with Crippen molar-refractivity contribution in [3.63, 3.8) is 0 Å². The molecule has 2 heterocycles. The van der Waals surface area contributed by atoms with Crippen LogP contribution in [0.5, 0.6) is 11.5 Å². The number of nitrogens with one attached hydrogen (secondary N) is 1. The lowest BCUT2D eigenvalue weighted by atomic mass is 10.2. The minimum Gasteiger partial charge on any atom is -0.486 e. The van der Waals surface area contributed by atoms with Crippen LogP contribution in [-0.2, 0) is 4.79 Å². The minimum absolute atomic E-state index is 0.0883. The molecule has 132 valence electrons. The number of hydrogen-bond acceptors (Lipinski definition) is 6. The van der Waals surface area contributed by atoms with Crippen molar-refractivity contribution in [3.8, 4) is 17.2 Å². The Bertz CT molecular complexity index is 822. The van der Waals surface area contributed by atoms with E-state index in [1.807, 2.05) is 0 Å². The topological polar surface area (TPSA) is 116 Å². The summed E-state index contributed by atoms with van der Waals surface area (Å²) in [4.78, 5) is 22.9. The van der Waals surface area contributed by atoms with Gasteiger partial charge in [-0.15, -0.1) is 5.10 Å². The summed E-state index contributed by atoms with van der Waals surface area (Å²) in [6.07, 6.45) is 0. The Morgan fingerprint density at radius 3 is 2.76 bits per heavy atom. The second-order valence-electron chi connectivity index (χ2n) is 5.28. The summed E-state index contributed by atoms with van der Waals surface area (Å²) in [7, 11) is 0. The van der Waals surface area contributed by atoms with Crippen molar-refractivity contribution in [2.24, 2.45) is 0 Å². The molecule has 2 N–H and O–H groups in total. The number of nitrogens with zero attached hydrogens (tertiary/aromatic N) is 3. The van der Waals surface area contributed by atoms with Crippen LogP contribution in [0.15, 0.2) is 18.2 Å². The second-order valence-corrected chi connectivity index (χ2v) is 5.28. The van der Waals surface area contributed by atoms with Gasteiger partial charge >= 0.3 is 5.97 Å². The summed E-state index contributed by atoms with van der Waals surface area (Å²) in [5.74, 6) is -1.12. The van der Waals surface area contributed by atoms with Crippen LogP contribution in [0.3, 0.4) is 0 Å². The first-order valence-electron chi connectivity index (χ1n) is 7.43. The molecule has 3 rings (SSSR count). The standard InChI is InChI=1S/C15H15FN4O5/c1-8-13(14(21)17-10(7-16)15(22)23)18-19-20(8)9-2-3-11-12(6-9)25-5-4-24-11/h2-3,6,10H,4-5,7H2,1H3,(H,17,21)(H,22,23). The van der Waals surface area contributed by atoms with E-state index in [-0.39, 0.29) is 5.69 Å². The normalized spacial score (nSPS) is 14.0. The van der Waals surface area contributed by atoms with Gasteiger partial charge in [-0.05, 0) is 19.1 Å². The number of aliphatic carboxylic acids is 1. The Morgan fingerprint density at radius 1 is 1.36 bits per heavy atom. The van der Waals surface area contributed by atoms with E-state index in [1.54, 1.807) is 25.1 Å². The largest absolute Gasteiger partial charge is 0.486 e. The molecule has 0 radical (unpaired) electrons. The van der Waals surface area contributed by atoms with Crippen LogP contribution >= 0.6 is 0 Å². The van der Waals surface area contributed by atoms with E-state index in [1.165, 1.54) is 4.68 Å². The molecule has 1 aromatic carbocycles. The zero-order valence-corrected chi connectivity index (χ0v) is 13.2. The number of halogens is 1. The molecular formula is C15H15FN4O5. The van der Waals surface area contributed by atoms with Gasteiger partial charge in [0.2, 0.25) is 0 Å². The van der Waals surface area contributed by atoms with Gasteiger partial charge in [0, 0.05) is 6.07 Å². The molecule has 2 aromatic rings. The van der Waals surface area contributed by atoms with Gasteiger partial charge in [-0.3, -0.25) is 4.79 Å². The maximum atomic E-state index is 12.7. The molecular weight excluding hydrogens is 335 g/mol. The second kappa shape index (κ2) is 6.75. The SMILES string of the molecule is Cc1c(C(=O)NC(CF)C(=O)O)nnn1-c1ccc2c(c1)OCCO2. The summed E-state index contributed by atoms with van der Waals surface area (Å²) in [5.41, 5.74) is 0.875. The van der Waals surface area contributed by atoms with Gasteiger partial charge in [-0.2, -0.15) is 0 Å². The zero-order chi connectivity index (χ0) is 18.0. The summed E-state index contributed by atoms with van der Waals surface area (Å²) in [5, 5.41) is 18.5. The van der Waals surface area contributed by atoms with Gasteiger partial charge in [-0.25, -0.2) is 13.9 Å². The van der Waals surface area contributed by atoms with Gasteiger partial charge in [0.05, 0.1) is 11.4 Å². The van der Waals surface area contributed by atoms with Gasteiger partial charge < -0.3 is 19.9 Å². The third-order valence-electron chi connectivity index (χ3n) is 3.64. The van der Waals surface area contributed by atoms with Crippen molar-refractivity contribution in [2.45, 2.75) is 13.0 Å². The van der Waals surface area contributed by atoms with E-state index >= 15 is 0 Å². The Kier molecular flexibility index (Phi) is 4.50. The first-order chi connectivity index (χ1) is 12.0. The van der Waals surface area contributed by atoms with Gasteiger partial charge in [0.1, 0.15) is 19.9 Å². The van der Waals surface area contributed by atoms with Crippen LogP contribution in [-0.4, -0.2) is 57.9 Å². The summed E-state index contributed by atoms with van der Waals surface area (Å²) >= 11 is 0. The number of aromatic nitrogens is 3. The Labute approximate surface area is 141 Å². The third-order valence-corrected chi connectivity index (χ3v) is 3.64. The fraction of sp³-hybridized carbons (Fsp3) is 0.333. The first kappa shape index (κ1) is 16.7. The average Bonchev–Trinajstić information content (AvgIpc) is 3.00. The molecule has 25 heavy (non-hydrogen) atoms. The molecule has 0 spiro atoms. The molecule has 1 aliphatic rings. The van der Waals surface area contributed by atoms with Crippen molar-refractivity contribution in [1.82, 2.24) is 20.3 Å². The maximum absolute atomic E-state index is 12.7. The van der Waals surface area contributed by atoms with Crippen molar-refractivity contribution in [3.05, 3.63) is 29.6 Å². The van der Waals surface area contributed by atoms with Crippen molar-refractivity contribution in [2.75, 3.05) is 19.9 Å². The number of amides is 1. The molecule has 1 unspecified atom stereocenters. The van der Waals surface area contributed by atoms with Gasteiger partial charge in [0.25, 0.3) is 5.91 Å². The number of carboxylic acid groups (broad SMARTS) is 1. The molecule has 0 saturated carbocycles. The molecule has 1 aliphatic heterocycles. The molecule has 0 aliphatic carbocycles. The number of carboxylic acids is 1.